The minimum absolute atomic E-state index is 0.0717. The summed E-state index contributed by atoms with van der Waals surface area (Å²) in [6.45, 7) is 3.97. The van der Waals surface area contributed by atoms with Crippen LogP contribution in [0.3, 0.4) is 0 Å². The van der Waals surface area contributed by atoms with Crippen LogP contribution in [0.25, 0.3) is 0 Å². The van der Waals surface area contributed by atoms with Crippen molar-refractivity contribution in [1.29, 1.82) is 0 Å². The lowest BCUT2D eigenvalue weighted by molar-refractivity contribution is -0.109. The van der Waals surface area contributed by atoms with Crippen LogP contribution in [-0.4, -0.2) is 13.4 Å². The van der Waals surface area contributed by atoms with Crippen LogP contribution < -0.4 is 0 Å². The summed E-state index contributed by atoms with van der Waals surface area (Å²) >= 11 is 0. The van der Waals surface area contributed by atoms with Crippen molar-refractivity contribution in [3.8, 4) is 0 Å². The fraction of sp³-hybridized carbons (Fsp3) is 0.625. The Bertz CT molecular complexity index is 125. The molecule has 0 aromatic rings. The molecule has 2 nitrogen and oxygen atoms in total. The fourth-order valence-corrected chi connectivity index (χ4v) is 0.535. The van der Waals surface area contributed by atoms with Crippen LogP contribution in [0.5, 0.6) is 0 Å². The molecule has 0 atom stereocenters. The summed E-state index contributed by atoms with van der Waals surface area (Å²) in [5.74, 6) is 0. The molecule has 58 valence electrons. The van der Waals surface area contributed by atoms with Crippen molar-refractivity contribution in [1.82, 2.24) is 0 Å². The molecule has 0 unspecified atom stereocenters. The maximum atomic E-state index is 10.1. The van der Waals surface area contributed by atoms with Gasteiger partial charge in [0.1, 0.15) is 6.29 Å². The molecule has 0 spiro atoms. The van der Waals surface area contributed by atoms with Crippen LogP contribution in [0.2, 0.25) is 0 Å². The molecule has 10 heavy (non-hydrogen) atoms. The fourth-order valence-electron chi connectivity index (χ4n) is 0.535. The molecule has 0 N–H and O–H groups in total. The molecule has 0 rings (SSSR count). The maximum absolute atomic E-state index is 10.1. The SMILES string of the molecule is CO/C=C/C(C)(C)CC=O. The second-order valence-electron chi connectivity index (χ2n) is 2.90. The maximum Gasteiger partial charge on any atom is 0.120 e. The molecular weight excluding hydrogens is 128 g/mol. The Hall–Kier alpha value is -0.790. The van der Waals surface area contributed by atoms with Gasteiger partial charge in [0, 0.05) is 6.42 Å². The van der Waals surface area contributed by atoms with E-state index in [9.17, 15) is 4.79 Å². The minimum atomic E-state index is -0.0717. The van der Waals surface area contributed by atoms with Gasteiger partial charge in [-0.05, 0) is 11.5 Å². The molecule has 0 aliphatic carbocycles. The van der Waals surface area contributed by atoms with E-state index in [0.717, 1.165) is 6.29 Å². The van der Waals surface area contributed by atoms with Crippen molar-refractivity contribution in [2.75, 3.05) is 7.11 Å². The molecule has 0 amide bonds. The molecule has 0 fully saturated rings. The van der Waals surface area contributed by atoms with Gasteiger partial charge in [-0.3, -0.25) is 0 Å². The number of rotatable bonds is 4. The quantitative estimate of drug-likeness (QED) is 0.441. The van der Waals surface area contributed by atoms with E-state index in [0.29, 0.717) is 6.42 Å². The van der Waals surface area contributed by atoms with Gasteiger partial charge < -0.3 is 9.53 Å². The van der Waals surface area contributed by atoms with Gasteiger partial charge in [-0.1, -0.05) is 13.8 Å². The minimum Gasteiger partial charge on any atom is -0.505 e. The van der Waals surface area contributed by atoms with E-state index < -0.39 is 0 Å². The summed E-state index contributed by atoms with van der Waals surface area (Å²) in [7, 11) is 1.59. The highest BCUT2D eigenvalue weighted by Crippen LogP contribution is 2.19. The largest absolute Gasteiger partial charge is 0.505 e. The third-order valence-electron chi connectivity index (χ3n) is 1.26. The predicted octanol–water partition coefficient (Wildman–Crippen LogP) is 1.76. The average molecular weight is 142 g/mol. The Kier molecular flexibility index (Phi) is 3.77. The van der Waals surface area contributed by atoms with Crippen molar-refractivity contribution in [3.63, 3.8) is 0 Å². The molecule has 0 saturated heterocycles. The first-order chi connectivity index (χ1) is 4.62. The molecule has 2 heteroatoms. The number of methoxy groups -OCH3 is 1. The summed E-state index contributed by atoms with van der Waals surface area (Å²) in [5.41, 5.74) is -0.0717. The Morgan fingerprint density at radius 2 is 2.10 bits per heavy atom. The molecule has 0 aromatic heterocycles. The van der Waals surface area contributed by atoms with Crippen molar-refractivity contribution >= 4 is 6.29 Å². The predicted molar refractivity (Wildman–Crippen MR) is 40.6 cm³/mol. The normalized spacial score (nSPS) is 11.9. The van der Waals surface area contributed by atoms with Crippen molar-refractivity contribution < 1.29 is 9.53 Å². The van der Waals surface area contributed by atoms with Crippen LogP contribution in [0.15, 0.2) is 12.3 Å². The zero-order valence-electron chi connectivity index (χ0n) is 6.76. The van der Waals surface area contributed by atoms with Gasteiger partial charge in [-0.2, -0.15) is 0 Å². The average Bonchev–Trinajstić information content (AvgIpc) is 1.84. The summed E-state index contributed by atoms with van der Waals surface area (Å²) in [6, 6.07) is 0. The summed E-state index contributed by atoms with van der Waals surface area (Å²) in [4.78, 5) is 10.1. The van der Waals surface area contributed by atoms with Crippen LogP contribution in [-0.2, 0) is 9.53 Å². The molecular formula is C8H14O2. The first-order valence-electron chi connectivity index (χ1n) is 3.26. The van der Waals surface area contributed by atoms with Crippen LogP contribution in [0, 0.1) is 5.41 Å². The van der Waals surface area contributed by atoms with E-state index in [1.807, 2.05) is 19.9 Å². The van der Waals surface area contributed by atoms with Crippen molar-refractivity contribution in [2.24, 2.45) is 5.41 Å². The summed E-state index contributed by atoms with van der Waals surface area (Å²) < 4.78 is 4.73. The van der Waals surface area contributed by atoms with Gasteiger partial charge >= 0.3 is 0 Å². The van der Waals surface area contributed by atoms with Gasteiger partial charge in [-0.25, -0.2) is 0 Å². The van der Waals surface area contributed by atoms with Gasteiger partial charge in [0.2, 0.25) is 0 Å². The number of carbonyl (C=O) groups is 1. The third kappa shape index (κ3) is 4.13. The first-order valence-corrected chi connectivity index (χ1v) is 3.26. The summed E-state index contributed by atoms with van der Waals surface area (Å²) in [5, 5.41) is 0. The number of hydrogen-bond acceptors (Lipinski definition) is 2. The highest BCUT2D eigenvalue weighted by Gasteiger charge is 2.11. The van der Waals surface area contributed by atoms with E-state index >= 15 is 0 Å². The molecule has 0 heterocycles. The molecule has 0 radical (unpaired) electrons. The number of hydrogen-bond donors (Lipinski definition) is 0. The molecule has 0 bridgehead atoms. The second-order valence-corrected chi connectivity index (χ2v) is 2.90. The topological polar surface area (TPSA) is 26.3 Å². The monoisotopic (exact) mass is 142 g/mol. The standard InChI is InChI=1S/C8H14O2/c1-8(2,4-6-9)5-7-10-3/h5-7H,4H2,1-3H3/b7-5+. The lowest BCUT2D eigenvalue weighted by atomic mass is 9.90. The Balaban J connectivity index is 3.84. The van der Waals surface area contributed by atoms with Crippen LogP contribution >= 0.6 is 0 Å². The summed E-state index contributed by atoms with van der Waals surface area (Å²) in [6.07, 6.45) is 4.93. The first kappa shape index (κ1) is 9.21. The zero-order chi connectivity index (χ0) is 8.04. The smallest absolute Gasteiger partial charge is 0.120 e. The number of allylic oxidation sites excluding steroid dienone is 1. The number of ether oxygens (including phenoxy) is 1. The number of carbonyl (C=O) groups excluding carboxylic acids is 1. The van der Waals surface area contributed by atoms with Gasteiger partial charge in [0.25, 0.3) is 0 Å². The highest BCUT2D eigenvalue weighted by molar-refractivity contribution is 5.51. The Morgan fingerprint density at radius 3 is 2.50 bits per heavy atom. The lowest BCUT2D eigenvalue weighted by Crippen LogP contribution is -2.07. The van der Waals surface area contributed by atoms with E-state index in [2.05, 4.69) is 0 Å². The molecule has 0 saturated carbocycles. The van der Waals surface area contributed by atoms with E-state index in [-0.39, 0.29) is 5.41 Å². The van der Waals surface area contributed by atoms with E-state index in [1.165, 1.54) is 0 Å². The van der Waals surface area contributed by atoms with E-state index in [4.69, 9.17) is 4.74 Å². The zero-order valence-corrected chi connectivity index (χ0v) is 6.76. The van der Waals surface area contributed by atoms with Gasteiger partial charge in [0.05, 0.1) is 13.4 Å². The van der Waals surface area contributed by atoms with Crippen molar-refractivity contribution in [2.45, 2.75) is 20.3 Å². The van der Waals surface area contributed by atoms with Gasteiger partial charge in [0.15, 0.2) is 0 Å². The van der Waals surface area contributed by atoms with Gasteiger partial charge in [-0.15, -0.1) is 0 Å². The highest BCUT2D eigenvalue weighted by atomic mass is 16.5. The Labute approximate surface area is 61.9 Å². The van der Waals surface area contributed by atoms with Crippen LogP contribution in [0.4, 0.5) is 0 Å². The lowest BCUT2D eigenvalue weighted by Gasteiger charge is -2.14. The van der Waals surface area contributed by atoms with Crippen molar-refractivity contribution in [3.05, 3.63) is 12.3 Å². The molecule has 0 aromatic carbocycles. The third-order valence-corrected chi connectivity index (χ3v) is 1.26. The molecule has 0 aliphatic rings. The second kappa shape index (κ2) is 4.09. The molecule has 0 aliphatic heterocycles. The van der Waals surface area contributed by atoms with E-state index in [1.54, 1.807) is 13.4 Å². The van der Waals surface area contributed by atoms with Crippen LogP contribution in [0.1, 0.15) is 20.3 Å². The number of aldehydes is 1. The Morgan fingerprint density at radius 1 is 1.50 bits per heavy atom.